The Labute approximate surface area is 170 Å². The minimum Gasteiger partial charge on any atom is -0.508 e. The number of aromatic nitrogens is 3. The first-order valence-corrected chi connectivity index (χ1v) is 9.67. The Balaban J connectivity index is 1.41. The van der Waals surface area contributed by atoms with E-state index in [1.165, 1.54) is 0 Å². The number of benzene rings is 2. The fraction of sp³-hybridized carbons (Fsp3) is 0.167. The Morgan fingerprint density at radius 1 is 0.897 bits per heavy atom. The number of nitrogens with zero attached hydrogens (tertiary/aromatic N) is 3. The molecule has 29 heavy (non-hydrogen) atoms. The smallest absolute Gasteiger partial charge is 0.153 e. The van der Waals surface area contributed by atoms with E-state index < -0.39 is 0 Å². The summed E-state index contributed by atoms with van der Waals surface area (Å²) in [5.41, 5.74) is 6.23. The Bertz CT molecular complexity index is 1100. The molecule has 0 spiro atoms. The largest absolute Gasteiger partial charge is 0.508 e. The van der Waals surface area contributed by atoms with Gasteiger partial charge in [-0.15, -0.1) is 0 Å². The Morgan fingerprint density at radius 3 is 2.41 bits per heavy atom. The molecule has 0 saturated heterocycles. The quantitative estimate of drug-likeness (QED) is 0.512. The summed E-state index contributed by atoms with van der Waals surface area (Å²) in [6.07, 6.45) is 1.86. The highest BCUT2D eigenvalue weighted by Crippen LogP contribution is 2.25. The standard InChI is InChI=1S/C24H24N4O/c1-17-12-18(2)28(27-17)24-11-8-19(15-26-24)14-25-16-22-13-21(9-10-23(22)29)20-6-4-3-5-7-20/h3-13,15,25,29H,14,16H2,1-2H3. The topological polar surface area (TPSA) is 63.0 Å². The van der Waals surface area contributed by atoms with Crippen molar-refractivity contribution in [3.8, 4) is 22.7 Å². The van der Waals surface area contributed by atoms with Crippen LogP contribution in [0.3, 0.4) is 0 Å². The molecular weight excluding hydrogens is 360 g/mol. The first-order chi connectivity index (χ1) is 14.1. The van der Waals surface area contributed by atoms with E-state index >= 15 is 0 Å². The van der Waals surface area contributed by atoms with Crippen LogP contribution >= 0.6 is 0 Å². The average molecular weight is 384 g/mol. The molecule has 2 N–H and O–H groups in total. The Hall–Kier alpha value is -3.44. The molecular formula is C24H24N4O. The highest BCUT2D eigenvalue weighted by Gasteiger charge is 2.07. The summed E-state index contributed by atoms with van der Waals surface area (Å²) >= 11 is 0. The van der Waals surface area contributed by atoms with Crippen LogP contribution in [0.15, 0.2) is 72.9 Å². The third-order valence-electron chi connectivity index (χ3n) is 4.87. The summed E-state index contributed by atoms with van der Waals surface area (Å²) in [4.78, 5) is 4.53. The molecule has 0 fully saturated rings. The molecule has 2 aromatic carbocycles. The van der Waals surface area contributed by atoms with Crippen LogP contribution in [0, 0.1) is 13.8 Å². The van der Waals surface area contributed by atoms with Crippen LogP contribution in [0.4, 0.5) is 0 Å². The first kappa shape index (κ1) is 18.9. The Morgan fingerprint density at radius 2 is 1.72 bits per heavy atom. The molecule has 0 amide bonds. The Kier molecular flexibility index (Phi) is 5.40. The number of aromatic hydroxyl groups is 1. The van der Waals surface area contributed by atoms with E-state index in [0.29, 0.717) is 18.8 Å². The van der Waals surface area contributed by atoms with E-state index in [0.717, 1.165) is 39.5 Å². The second kappa shape index (κ2) is 8.29. The van der Waals surface area contributed by atoms with Gasteiger partial charge in [-0.3, -0.25) is 0 Å². The van der Waals surface area contributed by atoms with Gasteiger partial charge in [0.15, 0.2) is 5.82 Å². The predicted molar refractivity (Wildman–Crippen MR) is 115 cm³/mol. The maximum atomic E-state index is 10.2. The van der Waals surface area contributed by atoms with Gasteiger partial charge < -0.3 is 10.4 Å². The van der Waals surface area contributed by atoms with E-state index in [1.54, 1.807) is 6.07 Å². The molecule has 0 aliphatic rings. The highest BCUT2D eigenvalue weighted by atomic mass is 16.3. The van der Waals surface area contributed by atoms with Gasteiger partial charge in [-0.05, 0) is 54.8 Å². The molecule has 0 radical (unpaired) electrons. The van der Waals surface area contributed by atoms with Gasteiger partial charge in [0, 0.05) is 30.5 Å². The van der Waals surface area contributed by atoms with Gasteiger partial charge >= 0.3 is 0 Å². The van der Waals surface area contributed by atoms with Crippen molar-refractivity contribution in [3.63, 3.8) is 0 Å². The van der Waals surface area contributed by atoms with E-state index in [1.807, 2.05) is 73.3 Å². The molecule has 0 bridgehead atoms. The predicted octanol–water partition coefficient (Wildman–Crippen LogP) is 4.55. The van der Waals surface area contributed by atoms with E-state index in [9.17, 15) is 5.11 Å². The molecule has 2 aromatic heterocycles. The van der Waals surface area contributed by atoms with Crippen LogP contribution in [0.5, 0.6) is 5.75 Å². The summed E-state index contributed by atoms with van der Waals surface area (Å²) in [6, 6.07) is 22.0. The lowest BCUT2D eigenvalue weighted by molar-refractivity contribution is 0.464. The summed E-state index contributed by atoms with van der Waals surface area (Å²) in [5.74, 6) is 1.11. The number of aryl methyl sites for hydroxylation is 2. The van der Waals surface area contributed by atoms with Gasteiger partial charge in [0.25, 0.3) is 0 Å². The van der Waals surface area contributed by atoms with Crippen LogP contribution in [0.2, 0.25) is 0 Å². The number of phenols is 1. The van der Waals surface area contributed by atoms with Crippen LogP contribution in [0.1, 0.15) is 22.5 Å². The lowest BCUT2D eigenvalue weighted by Crippen LogP contribution is -2.13. The zero-order chi connectivity index (χ0) is 20.2. The SMILES string of the molecule is Cc1cc(C)n(-c2ccc(CNCc3cc(-c4ccccc4)ccc3O)cn2)n1. The average Bonchev–Trinajstić information content (AvgIpc) is 3.08. The van der Waals surface area contributed by atoms with Crippen molar-refractivity contribution in [1.82, 2.24) is 20.1 Å². The number of rotatable bonds is 6. The minimum atomic E-state index is 0.301. The summed E-state index contributed by atoms with van der Waals surface area (Å²) in [7, 11) is 0. The van der Waals surface area contributed by atoms with Crippen molar-refractivity contribution in [2.75, 3.05) is 0 Å². The van der Waals surface area contributed by atoms with Gasteiger partial charge in [-0.25, -0.2) is 9.67 Å². The van der Waals surface area contributed by atoms with Gasteiger partial charge in [-0.1, -0.05) is 42.5 Å². The monoisotopic (exact) mass is 384 g/mol. The number of hydrogen-bond acceptors (Lipinski definition) is 4. The van der Waals surface area contributed by atoms with Crippen LogP contribution in [-0.4, -0.2) is 19.9 Å². The molecule has 0 unspecified atom stereocenters. The maximum absolute atomic E-state index is 10.2. The van der Waals surface area contributed by atoms with Crippen molar-refractivity contribution < 1.29 is 5.11 Å². The van der Waals surface area contributed by atoms with E-state index in [-0.39, 0.29) is 0 Å². The second-order valence-corrected chi connectivity index (χ2v) is 7.18. The number of hydrogen-bond donors (Lipinski definition) is 2. The first-order valence-electron chi connectivity index (χ1n) is 9.67. The third kappa shape index (κ3) is 4.36. The van der Waals surface area contributed by atoms with Crippen molar-refractivity contribution in [2.45, 2.75) is 26.9 Å². The minimum absolute atomic E-state index is 0.301. The van der Waals surface area contributed by atoms with Crippen molar-refractivity contribution in [3.05, 3.63) is 95.4 Å². The molecule has 0 saturated carbocycles. The number of pyridine rings is 1. The molecule has 0 aliphatic heterocycles. The van der Waals surface area contributed by atoms with Gasteiger partial charge in [0.1, 0.15) is 5.75 Å². The van der Waals surface area contributed by atoms with Gasteiger partial charge in [-0.2, -0.15) is 5.10 Å². The molecule has 0 aliphatic carbocycles. The lowest BCUT2D eigenvalue weighted by Gasteiger charge is -2.10. The molecule has 5 heteroatoms. The van der Waals surface area contributed by atoms with Gasteiger partial charge in [0.2, 0.25) is 0 Å². The van der Waals surface area contributed by atoms with E-state index in [2.05, 4.69) is 27.5 Å². The summed E-state index contributed by atoms with van der Waals surface area (Å²) in [6.45, 7) is 5.24. The number of nitrogens with one attached hydrogen (secondary N) is 1. The lowest BCUT2D eigenvalue weighted by atomic mass is 10.0. The molecule has 2 heterocycles. The molecule has 146 valence electrons. The molecule has 0 atom stereocenters. The molecule has 5 nitrogen and oxygen atoms in total. The summed E-state index contributed by atoms with van der Waals surface area (Å²) < 4.78 is 1.85. The summed E-state index contributed by atoms with van der Waals surface area (Å²) in [5, 5.41) is 18.1. The maximum Gasteiger partial charge on any atom is 0.153 e. The van der Waals surface area contributed by atoms with Crippen LogP contribution in [0.25, 0.3) is 16.9 Å². The second-order valence-electron chi connectivity index (χ2n) is 7.18. The fourth-order valence-corrected chi connectivity index (χ4v) is 3.39. The zero-order valence-corrected chi connectivity index (χ0v) is 16.6. The molecule has 4 aromatic rings. The zero-order valence-electron chi connectivity index (χ0n) is 16.6. The van der Waals surface area contributed by atoms with Crippen LogP contribution < -0.4 is 5.32 Å². The molecule has 4 rings (SSSR count). The number of phenolic OH excluding ortho intramolecular Hbond substituents is 1. The van der Waals surface area contributed by atoms with Crippen molar-refractivity contribution >= 4 is 0 Å². The normalized spacial score (nSPS) is 11.0. The van der Waals surface area contributed by atoms with E-state index in [4.69, 9.17) is 0 Å². The van der Waals surface area contributed by atoms with Crippen LogP contribution in [-0.2, 0) is 13.1 Å². The highest BCUT2D eigenvalue weighted by molar-refractivity contribution is 5.65. The third-order valence-corrected chi connectivity index (χ3v) is 4.87. The fourth-order valence-electron chi connectivity index (χ4n) is 3.39. The van der Waals surface area contributed by atoms with Crippen molar-refractivity contribution in [2.24, 2.45) is 0 Å². The van der Waals surface area contributed by atoms with Gasteiger partial charge in [0.05, 0.1) is 5.69 Å². The van der Waals surface area contributed by atoms with Crippen molar-refractivity contribution in [1.29, 1.82) is 0 Å².